The zero-order chi connectivity index (χ0) is 16.8. The molecular formula is C10H9BF4MnNO3-. The molecule has 20 heavy (non-hydrogen) atoms. The molecule has 0 aromatic carbocycles. The summed E-state index contributed by atoms with van der Waals surface area (Å²) in [5.74, 6) is 0. The molecule has 1 aliphatic carbocycles. The van der Waals surface area contributed by atoms with Crippen LogP contribution in [0.2, 0.25) is 4.31 Å². The van der Waals surface area contributed by atoms with Crippen molar-refractivity contribution < 1.29 is 42.0 Å². The van der Waals surface area contributed by atoms with Crippen LogP contribution >= 0.6 is 0 Å². The molecule has 0 bridgehead atoms. The zero-order valence-electron chi connectivity index (χ0n) is 10.2. The van der Waals surface area contributed by atoms with Crippen LogP contribution in [0.15, 0.2) is 40.6 Å². The van der Waals surface area contributed by atoms with Crippen LogP contribution in [0.4, 0.5) is 17.3 Å². The number of carbonyl (C=O) groups excluding carboxylic acids is 2. The fourth-order valence-corrected chi connectivity index (χ4v) is 1.80. The Hall–Kier alpha value is -1.54. The second kappa shape index (κ2) is 12.5. The maximum Gasteiger partial charge on any atom is 0.673 e. The SMILES string of the molecule is C=C[C]1([Mn][N]=O)C=CC=C1C.F[B-](F)(F)F.[C]=O.[C]=O. The van der Waals surface area contributed by atoms with Gasteiger partial charge in [-0.2, -0.15) is 0 Å². The minimum absolute atomic E-state index is 0.0150. The molecule has 0 saturated heterocycles. The van der Waals surface area contributed by atoms with E-state index in [1.54, 1.807) is 6.08 Å². The third-order valence-corrected chi connectivity index (χ3v) is 3.21. The summed E-state index contributed by atoms with van der Waals surface area (Å²) in [7, 11) is -6.00. The number of hydrogen-bond donors (Lipinski definition) is 0. The van der Waals surface area contributed by atoms with Crippen LogP contribution in [0, 0.1) is 4.91 Å². The van der Waals surface area contributed by atoms with Gasteiger partial charge in [0.2, 0.25) is 0 Å². The molecule has 0 heterocycles. The molecule has 1 atom stereocenters. The van der Waals surface area contributed by atoms with Crippen molar-refractivity contribution in [3.63, 3.8) is 0 Å². The largest absolute Gasteiger partial charge is 0.673 e. The van der Waals surface area contributed by atoms with E-state index in [0.717, 1.165) is 5.57 Å². The van der Waals surface area contributed by atoms with E-state index in [4.69, 9.17) is 9.59 Å². The third kappa shape index (κ3) is 11.5. The van der Waals surface area contributed by atoms with Crippen LogP contribution in [0.25, 0.3) is 0 Å². The molecule has 4 nitrogen and oxygen atoms in total. The smallest absolute Gasteiger partial charge is 0.418 e. The monoisotopic (exact) mass is 333 g/mol. The Morgan fingerprint density at radius 3 is 1.90 bits per heavy atom. The van der Waals surface area contributed by atoms with Gasteiger partial charge in [-0.05, 0) is 0 Å². The molecule has 10 heteroatoms. The molecule has 0 aromatic rings. The summed E-state index contributed by atoms with van der Waals surface area (Å²) in [6, 6.07) is 0. The van der Waals surface area contributed by atoms with E-state index in [1.807, 2.05) is 25.2 Å². The fourth-order valence-electron chi connectivity index (χ4n) is 1.01. The average Bonchev–Trinajstić information content (AvgIpc) is 2.75. The van der Waals surface area contributed by atoms with Crippen molar-refractivity contribution in [3.05, 3.63) is 41.4 Å². The van der Waals surface area contributed by atoms with Crippen LogP contribution in [0.3, 0.4) is 0 Å². The summed E-state index contributed by atoms with van der Waals surface area (Å²) in [6.45, 7) is 14.7. The molecule has 0 saturated carbocycles. The second-order valence-electron chi connectivity index (χ2n) is 2.83. The maximum absolute atomic E-state index is 10.1. The molecular weight excluding hydrogens is 324 g/mol. The predicted octanol–water partition coefficient (Wildman–Crippen LogP) is 3.12. The van der Waals surface area contributed by atoms with E-state index in [-0.39, 0.29) is 19.5 Å². The van der Waals surface area contributed by atoms with Gasteiger partial charge in [-0.15, -0.1) is 0 Å². The topological polar surface area (TPSA) is 63.6 Å². The number of nitroso groups, excluding NO2 is 1. The van der Waals surface area contributed by atoms with E-state index >= 15 is 0 Å². The molecule has 111 valence electrons. The van der Waals surface area contributed by atoms with E-state index < -0.39 is 7.25 Å². The summed E-state index contributed by atoms with van der Waals surface area (Å²) in [5.41, 5.74) is 1.15. The van der Waals surface area contributed by atoms with Gasteiger partial charge < -0.3 is 17.3 Å². The predicted molar refractivity (Wildman–Crippen MR) is 63.2 cm³/mol. The minimum atomic E-state index is -6.00. The molecule has 0 spiro atoms. The Kier molecular flexibility index (Phi) is 14.7. The first-order valence-corrected chi connectivity index (χ1v) is 5.63. The van der Waals surface area contributed by atoms with Crippen molar-refractivity contribution in [2.24, 2.45) is 4.19 Å². The maximum atomic E-state index is 10.1. The van der Waals surface area contributed by atoms with Crippen LogP contribution in [0.5, 0.6) is 0 Å². The van der Waals surface area contributed by atoms with E-state index in [9.17, 15) is 22.2 Å². The van der Waals surface area contributed by atoms with Crippen molar-refractivity contribution in [3.8, 4) is 0 Å². The van der Waals surface area contributed by atoms with Gasteiger partial charge in [-0.1, -0.05) is 0 Å². The summed E-state index contributed by atoms with van der Waals surface area (Å²) in [4.78, 5) is 25.1. The van der Waals surface area contributed by atoms with Gasteiger partial charge in [0, 0.05) is 0 Å². The standard InChI is InChI=1S/C8H9.2CO.BF4.Mn.NO/c1-3-8-6-4-5-7(8)2;2*1-2;2-1(3,4)5;;1-2/h3-6H,1H2,2H3;;;;;/q;;;-1;+1;-1. The van der Waals surface area contributed by atoms with Gasteiger partial charge >= 0.3 is 79.2 Å². The Balaban J connectivity index is -0.000000272. The van der Waals surface area contributed by atoms with Crippen LogP contribution < -0.4 is 0 Å². The molecule has 0 aromatic heterocycles. The first kappa shape index (κ1) is 23.5. The van der Waals surface area contributed by atoms with Crippen molar-refractivity contribution >= 4 is 20.8 Å². The normalized spacial score (nSPS) is 18.9. The molecule has 1 rings (SSSR count). The Labute approximate surface area is 120 Å². The molecule has 1 aliphatic rings. The first-order chi connectivity index (χ1) is 9.25. The summed E-state index contributed by atoms with van der Waals surface area (Å²) < 4.78 is 41.7. The van der Waals surface area contributed by atoms with Gasteiger partial charge in [0.25, 0.3) is 13.6 Å². The number of hydrogen-bond acceptors (Lipinski definition) is 4. The summed E-state index contributed by atoms with van der Waals surface area (Å²) in [6.07, 6.45) is 7.68. The van der Waals surface area contributed by atoms with Crippen LogP contribution in [0.1, 0.15) is 6.92 Å². The van der Waals surface area contributed by atoms with Gasteiger partial charge in [-0.25, -0.2) is 0 Å². The Bertz CT molecular complexity index is 355. The summed E-state index contributed by atoms with van der Waals surface area (Å²) >= 11 is -0.0150. The summed E-state index contributed by atoms with van der Waals surface area (Å²) in [5, 5.41) is 0. The Morgan fingerprint density at radius 1 is 1.30 bits per heavy atom. The third-order valence-electron chi connectivity index (χ3n) is 1.76. The number of halogens is 4. The van der Waals surface area contributed by atoms with Crippen molar-refractivity contribution in [1.82, 2.24) is 0 Å². The van der Waals surface area contributed by atoms with Gasteiger partial charge in [-0.3, -0.25) is 9.59 Å². The molecule has 0 N–H and O–H groups in total. The first-order valence-electron chi connectivity index (χ1n) is 4.51. The van der Waals surface area contributed by atoms with Crippen LogP contribution in [-0.2, 0) is 24.8 Å². The van der Waals surface area contributed by atoms with Crippen molar-refractivity contribution in [2.45, 2.75) is 11.2 Å². The minimum Gasteiger partial charge on any atom is -0.418 e. The van der Waals surface area contributed by atoms with Crippen molar-refractivity contribution in [1.29, 1.82) is 0 Å². The molecule has 0 fully saturated rings. The zero-order valence-corrected chi connectivity index (χ0v) is 11.3. The molecule has 1 unspecified atom stereocenters. The van der Waals surface area contributed by atoms with Crippen molar-refractivity contribution in [2.75, 3.05) is 0 Å². The molecule has 4 radical (unpaired) electrons. The van der Waals surface area contributed by atoms with Gasteiger partial charge in [0.15, 0.2) is 0 Å². The quantitative estimate of drug-likeness (QED) is 0.345. The molecule has 0 amide bonds. The van der Waals surface area contributed by atoms with E-state index in [1.165, 1.54) is 0 Å². The number of nitrogens with zero attached hydrogens (tertiary/aromatic N) is 1. The second-order valence-corrected chi connectivity index (χ2v) is 4.29. The van der Waals surface area contributed by atoms with Crippen LogP contribution in [-0.4, -0.2) is 20.8 Å². The molecule has 0 aliphatic heterocycles. The Morgan fingerprint density at radius 2 is 1.70 bits per heavy atom. The van der Waals surface area contributed by atoms with E-state index in [0.29, 0.717) is 0 Å². The van der Waals surface area contributed by atoms with E-state index in [2.05, 4.69) is 24.4 Å². The van der Waals surface area contributed by atoms with Gasteiger partial charge in [0.05, 0.1) is 0 Å². The number of allylic oxidation sites excluding steroid dienone is 5. The fraction of sp³-hybridized carbons (Fsp3) is 0.200. The number of rotatable bonds is 3. The van der Waals surface area contributed by atoms with Gasteiger partial charge in [0.1, 0.15) is 0 Å². The average molecular weight is 333 g/mol.